The van der Waals surface area contributed by atoms with Crippen LogP contribution >= 0.6 is 0 Å². The monoisotopic (exact) mass is 341 g/mol. The van der Waals surface area contributed by atoms with Gasteiger partial charge in [-0.25, -0.2) is 8.42 Å². The molecule has 1 heterocycles. The van der Waals surface area contributed by atoms with Gasteiger partial charge < -0.3 is 5.32 Å². The minimum absolute atomic E-state index is 0.00548. The zero-order valence-corrected chi connectivity index (χ0v) is 13.2. The average Bonchev–Trinajstić information content (AvgIpc) is 2.41. The van der Waals surface area contributed by atoms with Crippen LogP contribution < -0.4 is 5.32 Å². The summed E-state index contributed by atoms with van der Waals surface area (Å²) >= 11 is 0. The normalized spacial score (nSPS) is 30.0. The third kappa shape index (κ3) is 5.14. The lowest BCUT2D eigenvalue weighted by Gasteiger charge is -2.30. The number of hydrogen-bond donors (Lipinski definition) is 1. The van der Waals surface area contributed by atoms with E-state index in [-0.39, 0.29) is 48.6 Å². The molecule has 1 aliphatic carbocycles. The maximum Gasteiger partial charge on any atom is 0.391 e. The predicted octanol–water partition coefficient (Wildman–Crippen LogP) is 2.44. The highest BCUT2D eigenvalue weighted by Crippen LogP contribution is 2.40. The molecule has 0 aromatic rings. The summed E-state index contributed by atoms with van der Waals surface area (Å²) < 4.78 is 60.3. The first-order valence-electron chi connectivity index (χ1n) is 7.72. The van der Waals surface area contributed by atoms with Gasteiger partial charge in [-0.1, -0.05) is 0 Å². The topological polar surface area (TPSA) is 63.2 Å². The lowest BCUT2D eigenvalue weighted by atomic mass is 9.80. The quantitative estimate of drug-likeness (QED) is 0.857. The molecule has 0 spiro atoms. The Hall–Kier alpha value is -0.790. The number of rotatable bonds is 3. The van der Waals surface area contributed by atoms with Crippen molar-refractivity contribution in [3.63, 3.8) is 0 Å². The van der Waals surface area contributed by atoms with Crippen LogP contribution in [0, 0.1) is 11.8 Å². The number of nitrogens with one attached hydrogen (secondary N) is 1. The zero-order valence-electron chi connectivity index (χ0n) is 12.4. The molecule has 1 aliphatic heterocycles. The molecule has 1 N–H and O–H groups in total. The molecule has 1 saturated heterocycles. The Kier molecular flexibility index (Phi) is 5.40. The van der Waals surface area contributed by atoms with Crippen molar-refractivity contribution in [3.05, 3.63) is 0 Å². The van der Waals surface area contributed by atoms with Gasteiger partial charge in [0.15, 0.2) is 0 Å². The van der Waals surface area contributed by atoms with Crippen LogP contribution in [-0.4, -0.2) is 38.0 Å². The van der Waals surface area contributed by atoms with Crippen molar-refractivity contribution in [2.75, 3.05) is 11.5 Å². The van der Waals surface area contributed by atoms with Gasteiger partial charge in [-0.15, -0.1) is 0 Å². The summed E-state index contributed by atoms with van der Waals surface area (Å²) in [7, 11) is -2.96. The van der Waals surface area contributed by atoms with Gasteiger partial charge in [0.05, 0.1) is 17.4 Å². The lowest BCUT2D eigenvalue weighted by Crippen LogP contribution is -2.41. The second-order valence-electron chi connectivity index (χ2n) is 6.46. The Morgan fingerprint density at radius 2 is 1.55 bits per heavy atom. The van der Waals surface area contributed by atoms with Gasteiger partial charge in [0, 0.05) is 12.5 Å². The van der Waals surface area contributed by atoms with Crippen LogP contribution in [0.2, 0.25) is 0 Å². The van der Waals surface area contributed by atoms with Crippen molar-refractivity contribution in [2.24, 2.45) is 11.8 Å². The van der Waals surface area contributed by atoms with Crippen molar-refractivity contribution in [1.82, 2.24) is 5.32 Å². The second-order valence-corrected chi connectivity index (χ2v) is 8.76. The number of carbonyl (C=O) groups excluding carboxylic acids is 1. The molecule has 0 atom stereocenters. The number of alkyl halides is 3. The molecule has 4 nitrogen and oxygen atoms in total. The third-order valence-electron chi connectivity index (χ3n) is 4.70. The fraction of sp³-hybridized carbons (Fsp3) is 0.929. The van der Waals surface area contributed by atoms with E-state index in [0.29, 0.717) is 25.7 Å². The largest absolute Gasteiger partial charge is 0.391 e. The van der Waals surface area contributed by atoms with Gasteiger partial charge in [0.25, 0.3) is 0 Å². The van der Waals surface area contributed by atoms with Crippen molar-refractivity contribution in [1.29, 1.82) is 0 Å². The molecule has 128 valence electrons. The number of hydrogen-bond acceptors (Lipinski definition) is 3. The predicted molar refractivity (Wildman–Crippen MR) is 75.9 cm³/mol. The molecule has 0 radical (unpaired) electrons. The van der Waals surface area contributed by atoms with Crippen LogP contribution in [0.15, 0.2) is 0 Å². The Morgan fingerprint density at radius 3 is 2.05 bits per heavy atom. The highest BCUT2D eigenvalue weighted by atomic mass is 32.2. The molecule has 0 unspecified atom stereocenters. The molecule has 0 bridgehead atoms. The fourth-order valence-corrected chi connectivity index (χ4v) is 4.77. The van der Waals surface area contributed by atoms with Crippen LogP contribution in [0.3, 0.4) is 0 Å². The number of amides is 1. The van der Waals surface area contributed by atoms with Crippen molar-refractivity contribution in [2.45, 2.75) is 57.2 Å². The molecule has 22 heavy (non-hydrogen) atoms. The van der Waals surface area contributed by atoms with Gasteiger partial charge in [0.2, 0.25) is 5.91 Å². The summed E-state index contributed by atoms with van der Waals surface area (Å²) in [6.07, 6.45) is -1.97. The standard InChI is InChI=1S/C14H22F3NO3S/c15-14(16,17)11-3-1-10(2-4-11)9-13(19)18-12-5-7-22(20,21)8-6-12/h10-12H,1-9H2,(H,18,19). The van der Waals surface area contributed by atoms with E-state index in [4.69, 9.17) is 0 Å². The second kappa shape index (κ2) is 6.76. The molecule has 0 aromatic heterocycles. The van der Waals surface area contributed by atoms with Crippen molar-refractivity contribution < 1.29 is 26.4 Å². The lowest BCUT2D eigenvalue weighted by molar-refractivity contribution is -0.184. The van der Waals surface area contributed by atoms with Crippen molar-refractivity contribution >= 4 is 15.7 Å². The average molecular weight is 341 g/mol. The van der Waals surface area contributed by atoms with Crippen LogP contribution in [0.25, 0.3) is 0 Å². The third-order valence-corrected chi connectivity index (χ3v) is 6.42. The van der Waals surface area contributed by atoms with E-state index in [1.165, 1.54) is 0 Å². The first-order valence-corrected chi connectivity index (χ1v) is 9.54. The minimum Gasteiger partial charge on any atom is -0.353 e. The molecule has 1 amide bonds. The van der Waals surface area contributed by atoms with Gasteiger partial charge in [-0.05, 0) is 44.4 Å². The van der Waals surface area contributed by atoms with Gasteiger partial charge in [0.1, 0.15) is 9.84 Å². The molecule has 1 saturated carbocycles. The first kappa shape index (κ1) is 17.6. The van der Waals surface area contributed by atoms with Crippen LogP contribution in [0.4, 0.5) is 13.2 Å². The Labute approximate surface area is 128 Å². The van der Waals surface area contributed by atoms with E-state index in [1.807, 2.05) is 0 Å². The summed E-state index contributed by atoms with van der Waals surface area (Å²) in [4.78, 5) is 11.9. The van der Waals surface area contributed by atoms with Gasteiger partial charge >= 0.3 is 6.18 Å². The van der Waals surface area contributed by atoms with Gasteiger partial charge in [-0.3, -0.25) is 4.79 Å². The van der Waals surface area contributed by atoms with E-state index < -0.39 is 21.9 Å². The highest BCUT2D eigenvalue weighted by molar-refractivity contribution is 7.91. The van der Waals surface area contributed by atoms with E-state index in [2.05, 4.69) is 5.32 Å². The van der Waals surface area contributed by atoms with Crippen molar-refractivity contribution in [3.8, 4) is 0 Å². The SMILES string of the molecule is O=C(CC1CCC(C(F)(F)F)CC1)NC1CCS(=O)(=O)CC1. The summed E-state index contributed by atoms with van der Waals surface area (Å²) in [5, 5.41) is 2.82. The Bertz CT molecular complexity index is 482. The van der Waals surface area contributed by atoms with E-state index in [1.54, 1.807) is 0 Å². The summed E-state index contributed by atoms with van der Waals surface area (Å²) in [5.74, 6) is -1.20. The van der Waals surface area contributed by atoms with E-state index in [9.17, 15) is 26.4 Å². The summed E-state index contributed by atoms with van der Waals surface area (Å²) in [6.45, 7) is 0. The number of halogens is 3. The maximum atomic E-state index is 12.6. The van der Waals surface area contributed by atoms with Gasteiger partial charge in [-0.2, -0.15) is 13.2 Å². The highest BCUT2D eigenvalue weighted by Gasteiger charge is 2.41. The molecule has 2 aliphatic rings. The smallest absolute Gasteiger partial charge is 0.353 e. The zero-order chi connectivity index (χ0) is 16.4. The minimum atomic E-state index is -4.12. The van der Waals surface area contributed by atoms with E-state index >= 15 is 0 Å². The Balaban J connectivity index is 1.70. The fourth-order valence-electron chi connectivity index (χ4n) is 3.28. The van der Waals surface area contributed by atoms with Crippen LogP contribution in [0.5, 0.6) is 0 Å². The summed E-state index contributed by atoms with van der Waals surface area (Å²) in [6, 6.07) is -0.123. The molecular formula is C14H22F3NO3S. The molecule has 0 aromatic carbocycles. The molecule has 2 rings (SSSR count). The number of carbonyl (C=O) groups is 1. The Morgan fingerprint density at radius 1 is 1.00 bits per heavy atom. The van der Waals surface area contributed by atoms with Crippen LogP contribution in [0.1, 0.15) is 44.9 Å². The van der Waals surface area contributed by atoms with Crippen LogP contribution in [-0.2, 0) is 14.6 Å². The molecule has 8 heteroatoms. The molecular weight excluding hydrogens is 319 g/mol. The van der Waals surface area contributed by atoms with E-state index in [0.717, 1.165) is 0 Å². The molecule has 2 fully saturated rings. The maximum absolute atomic E-state index is 12.6. The number of sulfone groups is 1. The summed E-state index contributed by atoms with van der Waals surface area (Å²) in [5.41, 5.74) is 0. The first-order chi connectivity index (χ1) is 10.2.